The largest absolute Gasteiger partial charge is 0.490 e. The van der Waals surface area contributed by atoms with Crippen LogP contribution >= 0.6 is 0 Å². The first-order chi connectivity index (χ1) is 13.5. The molecule has 3 rings (SSSR count). The van der Waals surface area contributed by atoms with Crippen molar-refractivity contribution in [2.24, 2.45) is 0 Å². The fraction of sp³-hybridized carbons (Fsp3) is 0.526. The second-order valence-corrected chi connectivity index (χ2v) is 7.12. The summed E-state index contributed by atoms with van der Waals surface area (Å²) in [5.41, 5.74) is 0.828. The maximum Gasteiger partial charge on any atom is 0.490 e. The maximum absolute atomic E-state index is 12.4. The number of alkyl halides is 3. The van der Waals surface area contributed by atoms with Crippen molar-refractivity contribution in [1.29, 1.82) is 0 Å². The molecule has 2 amide bonds. The number of benzene rings is 1. The van der Waals surface area contributed by atoms with Crippen LogP contribution in [0.5, 0.6) is 0 Å². The van der Waals surface area contributed by atoms with Gasteiger partial charge in [-0.15, -0.1) is 0 Å². The van der Waals surface area contributed by atoms with E-state index in [1.165, 1.54) is 0 Å². The second-order valence-electron chi connectivity index (χ2n) is 7.12. The molecule has 1 aromatic carbocycles. The zero-order valence-corrected chi connectivity index (χ0v) is 16.3. The van der Waals surface area contributed by atoms with Gasteiger partial charge in [-0.3, -0.25) is 14.5 Å². The van der Waals surface area contributed by atoms with Crippen LogP contribution < -0.4 is 4.90 Å². The molecular formula is C19H24F3N3O4. The van der Waals surface area contributed by atoms with Crippen molar-refractivity contribution in [2.45, 2.75) is 31.5 Å². The molecule has 0 saturated carbocycles. The first-order valence-corrected chi connectivity index (χ1v) is 9.15. The molecular weight excluding hydrogens is 391 g/mol. The highest BCUT2D eigenvalue weighted by Gasteiger charge is 2.48. The van der Waals surface area contributed by atoms with E-state index in [1.54, 1.807) is 0 Å². The van der Waals surface area contributed by atoms with Crippen LogP contribution in [-0.2, 0) is 14.4 Å². The van der Waals surface area contributed by atoms with Crippen LogP contribution in [0.4, 0.5) is 18.9 Å². The van der Waals surface area contributed by atoms with Crippen molar-refractivity contribution in [3.63, 3.8) is 0 Å². The van der Waals surface area contributed by atoms with E-state index in [0.717, 1.165) is 18.7 Å². The number of nitrogens with zero attached hydrogens (tertiary/aromatic N) is 3. The van der Waals surface area contributed by atoms with Crippen LogP contribution in [0.3, 0.4) is 0 Å². The number of carbonyl (C=O) groups excluding carboxylic acids is 2. The van der Waals surface area contributed by atoms with E-state index in [-0.39, 0.29) is 17.4 Å². The molecule has 2 aliphatic heterocycles. The van der Waals surface area contributed by atoms with Crippen LogP contribution in [0.25, 0.3) is 0 Å². The van der Waals surface area contributed by atoms with Gasteiger partial charge in [0, 0.05) is 31.7 Å². The third kappa shape index (κ3) is 5.26. The number of anilines is 1. The number of hydrogen-bond donors (Lipinski definition) is 1. The number of likely N-dealkylation sites (N-methyl/N-ethyl adjacent to an activating group) is 1. The molecule has 160 valence electrons. The number of hydrogen-bond acceptors (Lipinski definition) is 4. The topological polar surface area (TPSA) is 81.2 Å². The van der Waals surface area contributed by atoms with Crippen LogP contribution in [-0.4, -0.2) is 77.6 Å². The van der Waals surface area contributed by atoms with Gasteiger partial charge < -0.3 is 14.9 Å². The highest BCUT2D eigenvalue weighted by atomic mass is 19.4. The summed E-state index contributed by atoms with van der Waals surface area (Å²) < 4.78 is 31.7. The molecule has 2 saturated heterocycles. The Hall–Kier alpha value is -2.62. The predicted octanol–water partition coefficient (Wildman–Crippen LogP) is 1.98. The Morgan fingerprint density at radius 1 is 1.17 bits per heavy atom. The van der Waals surface area contributed by atoms with Gasteiger partial charge >= 0.3 is 12.1 Å². The summed E-state index contributed by atoms with van der Waals surface area (Å²) in [6, 6.07) is 9.81. The molecule has 0 radical (unpaired) electrons. The zero-order chi connectivity index (χ0) is 21.8. The molecule has 7 nitrogen and oxygen atoms in total. The standard InChI is InChI=1S/C17H23N3O2.C2HF3O2/c1-3-15(21)19-10-9-17(12-19)13-20(16(22)11-18(17)2)14-7-5-4-6-8-14;3-2(4,5)1(6)7/h4-8H,3,9-13H2,1-2H3;(H,6,7). The molecule has 1 atom stereocenters. The van der Waals surface area contributed by atoms with E-state index in [1.807, 2.05) is 54.1 Å². The molecule has 2 fully saturated rings. The lowest BCUT2D eigenvalue weighted by Gasteiger charge is -2.46. The lowest BCUT2D eigenvalue weighted by molar-refractivity contribution is -0.192. The lowest BCUT2D eigenvalue weighted by Crippen LogP contribution is -2.64. The minimum absolute atomic E-state index is 0.116. The lowest BCUT2D eigenvalue weighted by atomic mass is 9.92. The zero-order valence-electron chi connectivity index (χ0n) is 16.3. The molecule has 2 aliphatic rings. The van der Waals surface area contributed by atoms with Crippen LogP contribution in [0.1, 0.15) is 19.8 Å². The Morgan fingerprint density at radius 2 is 1.76 bits per heavy atom. The fourth-order valence-electron chi connectivity index (χ4n) is 3.54. The van der Waals surface area contributed by atoms with Gasteiger partial charge in [0.05, 0.1) is 12.1 Å². The molecule has 0 aromatic heterocycles. The molecule has 1 N–H and O–H groups in total. The molecule has 10 heteroatoms. The Bertz CT molecular complexity index is 757. The second kappa shape index (κ2) is 8.81. The first kappa shape index (κ1) is 22.7. The molecule has 1 unspecified atom stereocenters. The maximum atomic E-state index is 12.4. The molecule has 0 bridgehead atoms. The Morgan fingerprint density at radius 3 is 2.28 bits per heavy atom. The molecule has 1 aromatic rings. The van der Waals surface area contributed by atoms with E-state index in [0.29, 0.717) is 26.1 Å². The van der Waals surface area contributed by atoms with Crippen molar-refractivity contribution in [3.05, 3.63) is 30.3 Å². The van der Waals surface area contributed by atoms with Crippen molar-refractivity contribution in [3.8, 4) is 0 Å². The number of amides is 2. The van der Waals surface area contributed by atoms with E-state index >= 15 is 0 Å². The number of carboxylic acid groups (broad SMARTS) is 1. The first-order valence-electron chi connectivity index (χ1n) is 9.15. The van der Waals surface area contributed by atoms with Crippen LogP contribution in [0, 0.1) is 0 Å². The van der Waals surface area contributed by atoms with E-state index < -0.39 is 12.1 Å². The van der Waals surface area contributed by atoms with Crippen molar-refractivity contribution in [1.82, 2.24) is 9.80 Å². The fourth-order valence-corrected chi connectivity index (χ4v) is 3.54. The number of likely N-dealkylation sites (tertiary alicyclic amines) is 1. The molecule has 29 heavy (non-hydrogen) atoms. The van der Waals surface area contributed by atoms with E-state index in [9.17, 15) is 22.8 Å². The summed E-state index contributed by atoms with van der Waals surface area (Å²) >= 11 is 0. The smallest absolute Gasteiger partial charge is 0.475 e. The van der Waals surface area contributed by atoms with Gasteiger partial charge in [-0.1, -0.05) is 25.1 Å². The third-order valence-corrected chi connectivity index (χ3v) is 5.23. The molecule has 0 aliphatic carbocycles. The number of piperazine rings is 1. The number of carbonyl (C=O) groups is 3. The van der Waals surface area contributed by atoms with Crippen LogP contribution in [0.15, 0.2) is 30.3 Å². The number of rotatable bonds is 2. The molecule has 2 heterocycles. The Balaban J connectivity index is 0.000000370. The number of carboxylic acids is 1. The van der Waals surface area contributed by atoms with Gasteiger partial charge in [-0.2, -0.15) is 13.2 Å². The highest BCUT2D eigenvalue weighted by molar-refractivity contribution is 5.96. The minimum Gasteiger partial charge on any atom is -0.475 e. The van der Waals surface area contributed by atoms with Gasteiger partial charge in [0.25, 0.3) is 0 Å². The van der Waals surface area contributed by atoms with Crippen LogP contribution in [0.2, 0.25) is 0 Å². The van der Waals surface area contributed by atoms with Crippen molar-refractivity contribution in [2.75, 3.05) is 38.1 Å². The summed E-state index contributed by atoms with van der Waals surface area (Å²) in [4.78, 5) is 39.3. The van der Waals surface area contributed by atoms with Gasteiger partial charge in [0.15, 0.2) is 0 Å². The predicted molar refractivity (Wildman–Crippen MR) is 99.3 cm³/mol. The van der Waals surface area contributed by atoms with E-state index in [2.05, 4.69) is 4.90 Å². The number of halogens is 3. The summed E-state index contributed by atoms with van der Waals surface area (Å²) in [6.07, 6.45) is -3.62. The van der Waals surface area contributed by atoms with Crippen molar-refractivity contribution >= 4 is 23.5 Å². The number of para-hydroxylation sites is 1. The monoisotopic (exact) mass is 415 g/mol. The molecule has 1 spiro atoms. The van der Waals surface area contributed by atoms with Gasteiger partial charge in [0.1, 0.15) is 0 Å². The van der Waals surface area contributed by atoms with Gasteiger partial charge in [0.2, 0.25) is 11.8 Å². The van der Waals surface area contributed by atoms with Gasteiger partial charge in [-0.05, 0) is 25.6 Å². The summed E-state index contributed by atoms with van der Waals surface area (Å²) in [5, 5.41) is 7.12. The minimum atomic E-state index is -5.08. The number of aliphatic carboxylic acids is 1. The Kier molecular flexibility index (Phi) is 6.89. The average Bonchev–Trinajstić information content (AvgIpc) is 3.10. The Labute approximate surface area is 166 Å². The van der Waals surface area contributed by atoms with Gasteiger partial charge in [-0.25, -0.2) is 4.79 Å². The average molecular weight is 415 g/mol. The SMILES string of the molecule is CCC(=O)N1CCC2(C1)CN(c1ccccc1)C(=O)CN2C.O=C(O)C(F)(F)F. The summed E-state index contributed by atoms with van der Waals surface area (Å²) in [7, 11) is 2.00. The van der Waals surface area contributed by atoms with Crippen molar-refractivity contribution < 1.29 is 32.7 Å². The van der Waals surface area contributed by atoms with E-state index in [4.69, 9.17) is 9.90 Å². The normalized spacial score (nSPS) is 22.4. The third-order valence-electron chi connectivity index (χ3n) is 5.23. The highest BCUT2D eigenvalue weighted by Crippen LogP contribution is 2.33. The summed E-state index contributed by atoms with van der Waals surface area (Å²) in [5.74, 6) is -2.43. The quantitative estimate of drug-likeness (QED) is 0.799. The summed E-state index contributed by atoms with van der Waals surface area (Å²) in [6.45, 7) is 4.46.